The first-order valence-electron chi connectivity index (χ1n) is 16.3. The molecule has 0 bridgehead atoms. The summed E-state index contributed by atoms with van der Waals surface area (Å²) in [7, 11) is 2.94. The standard InChI is InChI=1S/C29H24O6.C13H11N3O/c1-34-26-16-24(30)22(28(32)18-9-5-3-6-10-18)14-20(26)13-21-15-23(25(31)17-27(21)35-2)29(33)19-11-7-4-8-12-19;1-9-6-7-13(17)12(8-9)16-14-10-4-2-3-5-11(10)15-16/h3-12,14-17,30-31H,13H2,1-2H3;2-8,17H,1H3. The van der Waals surface area contributed by atoms with E-state index in [1.54, 1.807) is 66.7 Å². The van der Waals surface area contributed by atoms with Crippen molar-refractivity contribution >= 4 is 22.6 Å². The van der Waals surface area contributed by atoms with Crippen LogP contribution in [0.5, 0.6) is 28.7 Å². The summed E-state index contributed by atoms with van der Waals surface area (Å²) in [6.07, 6.45) is 0.219. The van der Waals surface area contributed by atoms with Gasteiger partial charge in [-0.25, -0.2) is 0 Å². The highest BCUT2D eigenvalue weighted by Gasteiger charge is 2.21. The second kappa shape index (κ2) is 15.3. The van der Waals surface area contributed by atoms with Gasteiger partial charge in [0.05, 0.1) is 25.3 Å². The fourth-order valence-electron chi connectivity index (χ4n) is 5.70. The SMILES string of the molecule is COc1cc(O)c(C(=O)c2ccccc2)cc1Cc1cc(C(=O)c2ccccc2)c(O)cc1OC.Cc1ccc(O)c(-n2nc3ccccc3n2)c1. The van der Waals surface area contributed by atoms with Crippen LogP contribution in [0.25, 0.3) is 16.7 Å². The lowest BCUT2D eigenvalue weighted by Gasteiger charge is -2.16. The molecular formula is C42H35N3O7. The van der Waals surface area contributed by atoms with Gasteiger partial charge in [-0.2, -0.15) is 0 Å². The molecule has 1 heterocycles. The zero-order valence-corrected chi connectivity index (χ0v) is 28.6. The van der Waals surface area contributed by atoms with Gasteiger partial charge < -0.3 is 24.8 Å². The molecule has 0 atom stereocenters. The Kier molecular flexibility index (Phi) is 10.3. The molecule has 0 saturated carbocycles. The van der Waals surface area contributed by atoms with Gasteiger partial charge in [0.15, 0.2) is 11.6 Å². The molecule has 0 aliphatic rings. The third kappa shape index (κ3) is 7.46. The van der Waals surface area contributed by atoms with Crippen molar-refractivity contribution in [1.29, 1.82) is 0 Å². The quantitative estimate of drug-likeness (QED) is 0.130. The average molecular weight is 694 g/mol. The fraction of sp³-hybridized carbons (Fsp3) is 0.0952. The number of carbonyl (C=O) groups is 2. The Hall–Kier alpha value is -6.94. The number of aromatic nitrogens is 3. The van der Waals surface area contributed by atoms with Crippen molar-refractivity contribution in [3.05, 3.63) is 166 Å². The topological polar surface area (TPSA) is 144 Å². The van der Waals surface area contributed by atoms with Crippen LogP contribution in [0, 0.1) is 6.92 Å². The zero-order chi connectivity index (χ0) is 36.8. The normalized spacial score (nSPS) is 10.7. The van der Waals surface area contributed by atoms with Gasteiger partial charge in [0.25, 0.3) is 0 Å². The van der Waals surface area contributed by atoms with Crippen LogP contribution in [0.15, 0.2) is 127 Å². The van der Waals surface area contributed by atoms with E-state index < -0.39 is 0 Å². The number of benzene rings is 6. The van der Waals surface area contributed by atoms with E-state index in [1.807, 2.05) is 55.5 Å². The molecule has 0 aliphatic heterocycles. The first-order valence-corrected chi connectivity index (χ1v) is 16.3. The van der Waals surface area contributed by atoms with Crippen LogP contribution < -0.4 is 9.47 Å². The van der Waals surface area contributed by atoms with Crippen molar-refractivity contribution in [1.82, 2.24) is 15.0 Å². The van der Waals surface area contributed by atoms with E-state index in [4.69, 9.17) is 9.47 Å². The molecule has 7 rings (SSSR count). The van der Waals surface area contributed by atoms with Crippen molar-refractivity contribution in [3.8, 4) is 34.4 Å². The number of hydrogen-bond donors (Lipinski definition) is 3. The highest BCUT2D eigenvalue weighted by Crippen LogP contribution is 2.36. The number of ketones is 2. The second-order valence-electron chi connectivity index (χ2n) is 11.9. The van der Waals surface area contributed by atoms with E-state index in [0.717, 1.165) is 16.6 Å². The summed E-state index contributed by atoms with van der Waals surface area (Å²) >= 11 is 0. The number of nitrogens with zero attached hydrogens (tertiary/aromatic N) is 3. The van der Waals surface area contributed by atoms with Crippen LogP contribution in [-0.4, -0.2) is 56.1 Å². The first kappa shape index (κ1) is 34.9. The van der Waals surface area contributed by atoms with Crippen LogP contribution >= 0.6 is 0 Å². The molecule has 260 valence electrons. The zero-order valence-electron chi connectivity index (χ0n) is 28.6. The number of ether oxygens (including phenoxy) is 2. The van der Waals surface area contributed by atoms with Crippen LogP contribution in [-0.2, 0) is 6.42 Å². The van der Waals surface area contributed by atoms with Crippen LogP contribution in [0.4, 0.5) is 0 Å². The number of methoxy groups -OCH3 is 2. The van der Waals surface area contributed by atoms with E-state index in [2.05, 4.69) is 10.2 Å². The Labute approximate surface area is 299 Å². The molecule has 0 spiro atoms. The van der Waals surface area contributed by atoms with E-state index in [1.165, 1.54) is 31.1 Å². The molecule has 1 aromatic heterocycles. The van der Waals surface area contributed by atoms with Crippen LogP contribution in [0.2, 0.25) is 0 Å². The lowest BCUT2D eigenvalue weighted by atomic mass is 9.94. The molecule has 0 radical (unpaired) electrons. The van der Waals surface area contributed by atoms with Crippen LogP contribution in [0.3, 0.4) is 0 Å². The Morgan fingerprint density at radius 1 is 0.577 bits per heavy atom. The minimum Gasteiger partial charge on any atom is -0.507 e. The number of fused-ring (bicyclic) bond motifs is 1. The number of aryl methyl sites for hydroxylation is 1. The smallest absolute Gasteiger partial charge is 0.196 e. The summed E-state index contributed by atoms with van der Waals surface area (Å²) in [6.45, 7) is 1.96. The fourth-order valence-corrected chi connectivity index (χ4v) is 5.70. The molecule has 52 heavy (non-hydrogen) atoms. The van der Waals surface area contributed by atoms with Gasteiger partial charge in [-0.05, 0) is 60.0 Å². The number of rotatable bonds is 9. The molecule has 10 heteroatoms. The lowest BCUT2D eigenvalue weighted by Crippen LogP contribution is -2.06. The van der Waals surface area contributed by atoms with Crippen molar-refractivity contribution in [2.45, 2.75) is 13.3 Å². The van der Waals surface area contributed by atoms with Crippen LogP contribution in [0.1, 0.15) is 48.5 Å². The predicted molar refractivity (Wildman–Crippen MR) is 197 cm³/mol. The molecule has 7 aromatic rings. The molecule has 3 N–H and O–H groups in total. The van der Waals surface area contributed by atoms with E-state index in [-0.39, 0.29) is 46.4 Å². The molecule has 0 amide bonds. The summed E-state index contributed by atoms with van der Waals surface area (Å²) in [4.78, 5) is 27.5. The number of aromatic hydroxyl groups is 3. The van der Waals surface area contributed by atoms with Gasteiger partial charge in [-0.3, -0.25) is 9.59 Å². The predicted octanol–water partition coefficient (Wildman–Crippen LogP) is 7.60. The number of phenolic OH excluding ortho intramolecular Hbond substituents is 3. The van der Waals surface area contributed by atoms with Gasteiger partial charge in [-0.1, -0.05) is 78.9 Å². The summed E-state index contributed by atoms with van der Waals surface area (Å²) < 4.78 is 10.9. The molecule has 0 fully saturated rings. The Balaban J connectivity index is 0.000000226. The second-order valence-corrected chi connectivity index (χ2v) is 11.9. The van der Waals surface area contributed by atoms with E-state index in [0.29, 0.717) is 39.4 Å². The monoisotopic (exact) mass is 693 g/mol. The van der Waals surface area contributed by atoms with Crippen molar-refractivity contribution in [2.24, 2.45) is 0 Å². The lowest BCUT2D eigenvalue weighted by molar-refractivity contribution is 0.102. The van der Waals surface area contributed by atoms with Crippen molar-refractivity contribution in [2.75, 3.05) is 14.2 Å². The van der Waals surface area contributed by atoms with Gasteiger partial charge in [0, 0.05) is 29.7 Å². The Morgan fingerprint density at radius 3 is 1.46 bits per heavy atom. The molecule has 0 aliphatic carbocycles. The first-order chi connectivity index (χ1) is 25.2. The third-order valence-electron chi connectivity index (χ3n) is 8.37. The molecule has 0 unspecified atom stereocenters. The minimum absolute atomic E-state index is 0.130. The molecule has 0 saturated heterocycles. The molecule has 6 aromatic carbocycles. The minimum atomic E-state index is -0.329. The Morgan fingerprint density at radius 2 is 1.02 bits per heavy atom. The molecular weight excluding hydrogens is 658 g/mol. The maximum absolute atomic E-state index is 13.0. The molecule has 10 nitrogen and oxygen atoms in total. The van der Waals surface area contributed by atoms with Gasteiger partial charge in [0.2, 0.25) is 0 Å². The highest BCUT2D eigenvalue weighted by molar-refractivity contribution is 6.11. The third-order valence-corrected chi connectivity index (χ3v) is 8.37. The largest absolute Gasteiger partial charge is 0.507 e. The maximum atomic E-state index is 13.0. The maximum Gasteiger partial charge on any atom is 0.196 e. The summed E-state index contributed by atoms with van der Waals surface area (Å²) in [5, 5.41) is 39.5. The van der Waals surface area contributed by atoms with E-state index >= 15 is 0 Å². The van der Waals surface area contributed by atoms with Gasteiger partial charge in [0.1, 0.15) is 45.5 Å². The highest BCUT2D eigenvalue weighted by atomic mass is 16.5. The van der Waals surface area contributed by atoms with Crippen molar-refractivity contribution in [3.63, 3.8) is 0 Å². The number of hydrogen-bond acceptors (Lipinski definition) is 9. The summed E-state index contributed by atoms with van der Waals surface area (Å²) in [5.74, 6) is -0.129. The van der Waals surface area contributed by atoms with Gasteiger partial charge >= 0.3 is 0 Å². The van der Waals surface area contributed by atoms with Crippen molar-refractivity contribution < 1.29 is 34.4 Å². The summed E-state index contributed by atoms with van der Waals surface area (Å²) in [6, 6.07) is 36.2. The van der Waals surface area contributed by atoms with E-state index in [9.17, 15) is 24.9 Å². The summed E-state index contributed by atoms with van der Waals surface area (Å²) in [5.41, 5.74) is 5.63. The Bertz CT molecular complexity index is 2250. The number of carbonyl (C=O) groups excluding carboxylic acids is 2. The van der Waals surface area contributed by atoms with Gasteiger partial charge in [-0.15, -0.1) is 15.0 Å². The number of phenols is 3. The average Bonchev–Trinajstić information content (AvgIpc) is 3.61.